The van der Waals surface area contributed by atoms with Crippen molar-refractivity contribution in [2.45, 2.75) is 30.3 Å². The van der Waals surface area contributed by atoms with Gasteiger partial charge in [-0.3, -0.25) is 0 Å². The molecule has 1 aromatic carbocycles. The summed E-state index contributed by atoms with van der Waals surface area (Å²) >= 11 is 0. The van der Waals surface area contributed by atoms with Gasteiger partial charge in [0.1, 0.15) is 0 Å². The van der Waals surface area contributed by atoms with E-state index in [1.54, 1.807) is 18.2 Å². The fourth-order valence-electron chi connectivity index (χ4n) is 2.01. The molecule has 5 nitrogen and oxygen atoms in total. The molecule has 20 heavy (non-hydrogen) atoms. The third-order valence-electron chi connectivity index (χ3n) is 3.31. The Labute approximate surface area is 118 Å². The van der Waals surface area contributed by atoms with Gasteiger partial charge in [-0.2, -0.15) is 0 Å². The van der Waals surface area contributed by atoms with Crippen molar-refractivity contribution < 1.29 is 22.6 Å². The zero-order chi connectivity index (χ0) is 14.0. The lowest BCUT2D eigenvalue weighted by molar-refractivity contribution is 0.134. The molecule has 1 saturated carbocycles. The predicted octanol–water partition coefficient (Wildman–Crippen LogP) is 1.80. The summed E-state index contributed by atoms with van der Waals surface area (Å²) in [6.07, 6.45) is 3.16. The summed E-state index contributed by atoms with van der Waals surface area (Å²) in [7, 11) is -3.33. The Morgan fingerprint density at radius 2 is 1.90 bits per heavy atom. The molecule has 0 radical (unpaired) electrons. The molecule has 0 N–H and O–H groups in total. The number of sulfone groups is 1. The second-order valence-corrected chi connectivity index (χ2v) is 7.16. The van der Waals surface area contributed by atoms with Crippen molar-refractivity contribution in [3.8, 4) is 11.5 Å². The van der Waals surface area contributed by atoms with Crippen LogP contribution in [0.25, 0.3) is 0 Å². The smallest absolute Gasteiger partial charge is 0.180 e. The Morgan fingerprint density at radius 1 is 1.15 bits per heavy atom. The Bertz CT molecular complexity index is 577. The Morgan fingerprint density at radius 3 is 2.65 bits per heavy atom. The molecule has 2 aliphatic rings. The predicted molar refractivity (Wildman–Crippen MR) is 73.1 cm³/mol. The summed E-state index contributed by atoms with van der Waals surface area (Å²) < 4.78 is 40.9. The number of hydrogen-bond acceptors (Lipinski definition) is 5. The maximum Gasteiger partial charge on any atom is 0.180 e. The molecule has 0 atom stereocenters. The van der Waals surface area contributed by atoms with Gasteiger partial charge in [0.2, 0.25) is 0 Å². The molecule has 0 unspecified atom stereocenters. The second kappa shape index (κ2) is 5.61. The minimum absolute atomic E-state index is 0.00312. The lowest BCUT2D eigenvalue weighted by Gasteiger charge is -2.10. The van der Waals surface area contributed by atoms with Crippen molar-refractivity contribution in [1.82, 2.24) is 0 Å². The number of benzene rings is 1. The third-order valence-corrected chi connectivity index (χ3v) is 4.98. The molecule has 1 heterocycles. The first-order chi connectivity index (χ1) is 9.65. The lowest BCUT2D eigenvalue weighted by atomic mass is 10.3. The first-order valence-electron chi connectivity index (χ1n) is 6.89. The first-order valence-corrected chi connectivity index (χ1v) is 8.54. The molecule has 6 heteroatoms. The highest BCUT2D eigenvalue weighted by Gasteiger charge is 2.24. The van der Waals surface area contributed by atoms with Gasteiger partial charge in [-0.1, -0.05) is 0 Å². The van der Waals surface area contributed by atoms with Crippen LogP contribution in [0.15, 0.2) is 23.1 Å². The number of rotatable bonds is 5. The Hall–Kier alpha value is -1.27. The van der Waals surface area contributed by atoms with Crippen molar-refractivity contribution in [2.24, 2.45) is 0 Å². The van der Waals surface area contributed by atoms with Crippen molar-refractivity contribution in [1.29, 1.82) is 0 Å². The quantitative estimate of drug-likeness (QED) is 0.829. The molecule has 1 aromatic rings. The molecule has 1 aliphatic heterocycles. The molecule has 0 saturated heterocycles. The van der Waals surface area contributed by atoms with Gasteiger partial charge in [-0.15, -0.1) is 0 Å². The largest absolute Gasteiger partial charge is 0.490 e. The van der Waals surface area contributed by atoms with Crippen molar-refractivity contribution in [3.63, 3.8) is 0 Å². The van der Waals surface area contributed by atoms with E-state index in [1.807, 2.05) is 0 Å². The molecular formula is C14H18O5S. The van der Waals surface area contributed by atoms with Crippen molar-refractivity contribution in [2.75, 3.05) is 25.6 Å². The molecular weight excluding hydrogens is 280 g/mol. The van der Waals surface area contributed by atoms with Crippen LogP contribution in [0.3, 0.4) is 0 Å². The van der Waals surface area contributed by atoms with Crippen LogP contribution in [0, 0.1) is 0 Å². The van der Waals surface area contributed by atoms with E-state index in [1.165, 1.54) is 0 Å². The molecule has 0 bridgehead atoms. The average Bonchev–Trinajstić information content (AvgIpc) is 3.23. The fourth-order valence-corrected chi connectivity index (χ4v) is 3.13. The molecule has 1 fully saturated rings. The average molecular weight is 298 g/mol. The van der Waals surface area contributed by atoms with Crippen LogP contribution in [0.5, 0.6) is 11.5 Å². The number of hydrogen-bond donors (Lipinski definition) is 0. The van der Waals surface area contributed by atoms with Crippen LogP contribution >= 0.6 is 0 Å². The highest BCUT2D eigenvalue weighted by molar-refractivity contribution is 7.91. The Kier molecular flexibility index (Phi) is 3.85. The number of fused-ring (bicyclic) bond motifs is 1. The molecule has 1 aliphatic carbocycles. The van der Waals surface area contributed by atoms with E-state index in [-0.39, 0.29) is 23.4 Å². The monoisotopic (exact) mass is 298 g/mol. The van der Waals surface area contributed by atoms with E-state index in [0.29, 0.717) is 24.7 Å². The first kappa shape index (κ1) is 13.7. The van der Waals surface area contributed by atoms with E-state index in [9.17, 15) is 8.42 Å². The summed E-state index contributed by atoms with van der Waals surface area (Å²) in [5.41, 5.74) is 0. The zero-order valence-electron chi connectivity index (χ0n) is 11.2. The minimum Gasteiger partial charge on any atom is -0.490 e. The van der Waals surface area contributed by atoms with Gasteiger partial charge in [0.15, 0.2) is 21.3 Å². The van der Waals surface area contributed by atoms with Gasteiger partial charge in [0.05, 0.1) is 36.6 Å². The zero-order valence-corrected chi connectivity index (χ0v) is 12.0. The summed E-state index contributed by atoms with van der Waals surface area (Å²) in [4.78, 5) is 0.265. The lowest BCUT2D eigenvalue weighted by Crippen LogP contribution is -2.13. The van der Waals surface area contributed by atoms with E-state index in [2.05, 4.69) is 0 Å². The van der Waals surface area contributed by atoms with Gasteiger partial charge in [0.25, 0.3) is 0 Å². The maximum atomic E-state index is 12.2. The van der Waals surface area contributed by atoms with Gasteiger partial charge < -0.3 is 14.2 Å². The van der Waals surface area contributed by atoms with E-state index >= 15 is 0 Å². The van der Waals surface area contributed by atoms with Crippen LogP contribution in [0.2, 0.25) is 0 Å². The SMILES string of the molecule is O=S(=O)(CCOC1CC1)c1ccc2c(c1)OCCCO2. The van der Waals surface area contributed by atoms with E-state index < -0.39 is 9.84 Å². The minimum atomic E-state index is -3.33. The van der Waals surface area contributed by atoms with Crippen LogP contribution < -0.4 is 9.47 Å². The Balaban J connectivity index is 1.72. The molecule has 3 rings (SSSR count). The highest BCUT2D eigenvalue weighted by atomic mass is 32.2. The highest BCUT2D eigenvalue weighted by Crippen LogP contribution is 2.32. The fraction of sp³-hybridized carbons (Fsp3) is 0.571. The summed E-state index contributed by atoms with van der Waals surface area (Å²) in [5.74, 6) is 1.12. The van der Waals surface area contributed by atoms with Crippen LogP contribution in [0.1, 0.15) is 19.3 Å². The molecule has 0 spiro atoms. The normalized spacial score (nSPS) is 18.6. The van der Waals surface area contributed by atoms with Crippen molar-refractivity contribution in [3.05, 3.63) is 18.2 Å². The second-order valence-electron chi connectivity index (χ2n) is 5.05. The van der Waals surface area contributed by atoms with Gasteiger partial charge in [-0.25, -0.2) is 8.42 Å². The summed E-state index contributed by atoms with van der Waals surface area (Å²) in [5, 5.41) is 0. The van der Waals surface area contributed by atoms with Crippen LogP contribution in [0.4, 0.5) is 0 Å². The van der Waals surface area contributed by atoms with Crippen LogP contribution in [-0.4, -0.2) is 40.1 Å². The van der Waals surface area contributed by atoms with E-state index in [4.69, 9.17) is 14.2 Å². The third kappa shape index (κ3) is 3.24. The summed E-state index contributed by atoms with van der Waals surface area (Å²) in [6, 6.07) is 4.78. The van der Waals surface area contributed by atoms with Gasteiger partial charge in [-0.05, 0) is 25.0 Å². The van der Waals surface area contributed by atoms with Gasteiger partial charge in [0, 0.05) is 12.5 Å². The molecule has 0 aromatic heterocycles. The molecule has 0 amide bonds. The summed E-state index contributed by atoms with van der Waals surface area (Å²) in [6.45, 7) is 1.39. The standard InChI is InChI=1S/C14H18O5S/c15-20(16,9-8-17-11-2-3-11)12-4-5-13-14(10-12)19-7-1-6-18-13/h4-5,10-11H,1-3,6-9H2. The van der Waals surface area contributed by atoms with Gasteiger partial charge >= 0.3 is 0 Å². The van der Waals surface area contributed by atoms with Crippen LogP contribution in [-0.2, 0) is 14.6 Å². The maximum absolute atomic E-state index is 12.2. The number of ether oxygens (including phenoxy) is 3. The van der Waals surface area contributed by atoms with Crippen molar-refractivity contribution >= 4 is 9.84 Å². The van der Waals surface area contributed by atoms with E-state index in [0.717, 1.165) is 19.3 Å². The molecule has 110 valence electrons. The topological polar surface area (TPSA) is 61.8 Å².